The number of benzene rings is 1. The Kier molecular flexibility index (Phi) is 5.38. The summed E-state index contributed by atoms with van der Waals surface area (Å²) in [5, 5.41) is 3.00. The normalized spacial score (nSPS) is 24.1. The summed E-state index contributed by atoms with van der Waals surface area (Å²) in [7, 11) is 0. The Morgan fingerprint density at radius 2 is 1.85 bits per heavy atom. The van der Waals surface area contributed by atoms with Crippen molar-refractivity contribution in [3.63, 3.8) is 0 Å². The molecule has 3 nitrogen and oxygen atoms in total. The zero-order chi connectivity index (χ0) is 14.5. The summed E-state index contributed by atoms with van der Waals surface area (Å²) >= 11 is 5.60. The van der Waals surface area contributed by atoms with E-state index in [1.807, 2.05) is 6.92 Å². The van der Waals surface area contributed by atoms with Crippen LogP contribution in [0.3, 0.4) is 0 Å². The summed E-state index contributed by atoms with van der Waals surface area (Å²) in [6.45, 7) is 1.91. The van der Waals surface area contributed by atoms with Gasteiger partial charge in [-0.3, -0.25) is 4.79 Å². The Morgan fingerprint density at radius 1 is 1.25 bits per heavy atom. The molecular weight excluding hydrogens is 279 g/mol. The van der Waals surface area contributed by atoms with E-state index in [1.54, 1.807) is 12.1 Å². The molecule has 0 spiro atoms. The monoisotopic (exact) mass is 298 g/mol. The Hall–Kier alpha value is -1.13. The molecule has 1 aliphatic carbocycles. The first kappa shape index (κ1) is 15.3. The fraction of sp³-hybridized carbons (Fsp3) is 0.533. The first-order chi connectivity index (χ1) is 9.60. The van der Waals surface area contributed by atoms with Gasteiger partial charge in [0, 0.05) is 12.0 Å². The van der Waals surface area contributed by atoms with E-state index < -0.39 is 0 Å². The molecule has 0 aliphatic heterocycles. The lowest BCUT2D eigenvalue weighted by Gasteiger charge is -2.27. The molecular formula is C15H20ClFN2O. The fourth-order valence-corrected chi connectivity index (χ4v) is 2.85. The first-order valence-electron chi connectivity index (χ1n) is 7.02. The molecule has 1 aliphatic rings. The van der Waals surface area contributed by atoms with Crippen molar-refractivity contribution in [1.29, 1.82) is 0 Å². The molecule has 110 valence electrons. The zero-order valence-corrected chi connectivity index (χ0v) is 12.3. The highest BCUT2D eigenvalue weighted by Crippen LogP contribution is 2.25. The van der Waals surface area contributed by atoms with Crippen LogP contribution >= 0.6 is 11.8 Å². The number of nitrogens with one attached hydrogen (secondary N) is 2. The van der Waals surface area contributed by atoms with E-state index >= 15 is 0 Å². The van der Waals surface area contributed by atoms with Crippen LogP contribution in [0.5, 0.6) is 0 Å². The van der Waals surface area contributed by atoms with Crippen LogP contribution in [0.25, 0.3) is 0 Å². The highest BCUT2D eigenvalue weighted by atomic mass is 35.5. The molecule has 0 unspecified atom stereocenters. The van der Waals surface area contributed by atoms with Gasteiger partial charge in [0.1, 0.15) is 5.82 Å². The lowest BCUT2D eigenvalue weighted by molar-refractivity contribution is -0.126. The molecule has 0 heterocycles. The van der Waals surface area contributed by atoms with Crippen LogP contribution in [-0.4, -0.2) is 11.9 Å². The molecule has 1 fully saturated rings. The van der Waals surface area contributed by atoms with Crippen molar-refractivity contribution < 1.29 is 9.18 Å². The number of carbonyl (C=O) groups is 1. The first-order valence-corrected chi connectivity index (χ1v) is 7.40. The van der Waals surface area contributed by atoms with Crippen molar-refractivity contribution in [2.24, 2.45) is 5.92 Å². The average Bonchev–Trinajstić information content (AvgIpc) is 2.48. The molecule has 1 aromatic carbocycles. The Morgan fingerprint density at radius 3 is 2.40 bits per heavy atom. The Labute approximate surface area is 124 Å². The molecule has 1 saturated carbocycles. The summed E-state index contributed by atoms with van der Waals surface area (Å²) in [5.74, 6) is -0.131. The van der Waals surface area contributed by atoms with Crippen LogP contribution in [0, 0.1) is 11.7 Å². The zero-order valence-electron chi connectivity index (χ0n) is 11.5. The molecule has 5 heteroatoms. The smallest absolute Gasteiger partial charge is 0.223 e. The summed E-state index contributed by atoms with van der Waals surface area (Å²) in [6.07, 6.45) is 3.55. The summed E-state index contributed by atoms with van der Waals surface area (Å²) < 4.78 is 12.9. The number of hydrogen-bond donors (Lipinski definition) is 2. The summed E-state index contributed by atoms with van der Waals surface area (Å²) in [5.41, 5.74) is 0.913. The second-order valence-corrected chi connectivity index (χ2v) is 5.66. The van der Waals surface area contributed by atoms with Crippen LogP contribution in [0.4, 0.5) is 4.39 Å². The van der Waals surface area contributed by atoms with E-state index in [2.05, 4.69) is 10.2 Å². The number of rotatable bonds is 4. The van der Waals surface area contributed by atoms with E-state index in [9.17, 15) is 9.18 Å². The van der Waals surface area contributed by atoms with E-state index in [0.29, 0.717) is 6.04 Å². The standard InChI is InChI=1S/C15H20ClFN2O/c1-10(11-2-6-13(17)7-3-11)18-15(20)12-4-8-14(19-16)9-5-12/h2-3,6-7,10,12,14,19H,4-5,8-9H2,1H3,(H,18,20)/t10-,12?,14?/m1/s1. The SMILES string of the molecule is C[C@@H](NC(=O)C1CCC(NCl)CC1)c1ccc(F)cc1. The number of hydrogen-bond acceptors (Lipinski definition) is 2. The van der Waals surface area contributed by atoms with Crippen molar-refractivity contribution in [3.8, 4) is 0 Å². The topological polar surface area (TPSA) is 41.1 Å². The van der Waals surface area contributed by atoms with Crippen LogP contribution in [0.1, 0.15) is 44.2 Å². The predicted molar refractivity (Wildman–Crippen MR) is 77.7 cm³/mol. The van der Waals surface area contributed by atoms with Crippen molar-refractivity contribution in [3.05, 3.63) is 35.6 Å². The van der Waals surface area contributed by atoms with Crippen molar-refractivity contribution >= 4 is 17.7 Å². The summed E-state index contributed by atoms with van der Waals surface area (Å²) in [6, 6.07) is 6.44. The molecule has 1 atom stereocenters. The van der Waals surface area contributed by atoms with Gasteiger partial charge in [-0.25, -0.2) is 9.23 Å². The van der Waals surface area contributed by atoms with Crippen LogP contribution < -0.4 is 10.2 Å². The van der Waals surface area contributed by atoms with Gasteiger partial charge in [-0.15, -0.1) is 0 Å². The molecule has 0 bridgehead atoms. The van der Waals surface area contributed by atoms with E-state index in [1.165, 1.54) is 12.1 Å². The van der Waals surface area contributed by atoms with Crippen molar-refractivity contribution in [2.45, 2.75) is 44.7 Å². The second-order valence-electron chi connectivity index (χ2n) is 5.44. The molecule has 1 amide bonds. The third-order valence-electron chi connectivity index (χ3n) is 3.98. The van der Waals surface area contributed by atoms with Gasteiger partial charge in [-0.05, 0) is 62.1 Å². The third kappa shape index (κ3) is 3.93. The maximum Gasteiger partial charge on any atom is 0.223 e. The summed E-state index contributed by atoms with van der Waals surface area (Å²) in [4.78, 5) is 14.9. The third-order valence-corrected chi connectivity index (χ3v) is 4.29. The Balaban J connectivity index is 1.86. The molecule has 20 heavy (non-hydrogen) atoms. The fourth-order valence-electron chi connectivity index (χ4n) is 2.63. The highest BCUT2D eigenvalue weighted by molar-refractivity contribution is 6.13. The maximum atomic E-state index is 12.9. The average molecular weight is 299 g/mol. The molecule has 2 rings (SSSR count). The number of amides is 1. The van der Waals surface area contributed by atoms with Crippen LogP contribution in [-0.2, 0) is 4.79 Å². The van der Waals surface area contributed by atoms with Gasteiger partial charge in [0.05, 0.1) is 6.04 Å². The quantitative estimate of drug-likeness (QED) is 0.837. The Bertz CT molecular complexity index is 444. The van der Waals surface area contributed by atoms with Gasteiger partial charge in [0.25, 0.3) is 0 Å². The van der Waals surface area contributed by atoms with E-state index in [0.717, 1.165) is 31.2 Å². The van der Waals surface area contributed by atoms with Gasteiger partial charge in [-0.1, -0.05) is 12.1 Å². The lowest BCUT2D eigenvalue weighted by atomic mass is 9.85. The van der Waals surface area contributed by atoms with Gasteiger partial charge in [0.2, 0.25) is 5.91 Å². The van der Waals surface area contributed by atoms with Crippen LogP contribution in [0.2, 0.25) is 0 Å². The number of carbonyl (C=O) groups excluding carboxylic acids is 1. The number of halogens is 2. The van der Waals surface area contributed by atoms with Crippen molar-refractivity contribution in [2.75, 3.05) is 0 Å². The van der Waals surface area contributed by atoms with E-state index in [-0.39, 0.29) is 23.7 Å². The largest absolute Gasteiger partial charge is 0.349 e. The minimum Gasteiger partial charge on any atom is -0.349 e. The van der Waals surface area contributed by atoms with Gasteiger partial charge >= 0.3 is 0 Å². The minimum absolute atomic E-state index is 0.0548. The highest BCUT2D eigenvalue weighted by Gasteiger charge is 2.26. The van der Waals surface area contributed by atoms with E-state index in [4.69, 9.17) is 11.8 Å². The van der Waals surface area contributed by atoms with Crippen molar-refractivity contribution in [1.82, 2.24) is 10.2 Å². The molecule has 1 aromatic rings. The lowest BCUT2D eigenvalue weighted by Crippen LogP contribution is -2.37. The maximum absolute atomic E-state index is 12.9. The van der Waals surface area contributed by atoms with Gasteiger partial charge in [0.15, 0.2) is 0 Å². The van der Waals surface area contributed by atoms with Crippen LogP contribution in [0.15, 0.2) is 24.3 Å². The van der Waals surface area contributed by atoms with Gasteiger partial charge in [-0.2, -0.15) is 0 Å². The molecule has 0 aromatic heterocycles. The minimum atomic E-state index is -0.265. The van der Waals surface area contributed by atoms with Gasteiger partial charge < -0.3 is 5.32 Å². The molecule has 0 saturated heterocycles. The molecule has 2 N–H and O–H groups in total. The predicted octanol–water partition coefficient (Wildman–Crippen LogP) is 3.31. The molecule has 0 radical (unpaired) electrons. The second kappa shape index (κ2) is 7.04.